The average Bonchev–Trinajstić information content (AvgIpc) is 2.67. The van der Waals surface area contributed by atoms with Gasteiger partial charge >= 0.3 is 6.09 Å². The molecule has 2 heterocycles. The van der Waals surface area contributed by atoms with Gasteiger partial charge in [0, 0.05) is 19.6 Å². The minimum Gasteiger partial charge on any atom is -0.444 e. The SMILES string of the molecule is CC(C)(C)OC(=O)N1CCC2CCN(S(C)(=O)=O)CC21. The first-order valence-corrected chi connectivity index (χ1v) is 8.87. The molecule has 6 nitrogen and oxygen atoms in total. The molecule has 2 aliphatic rings. The molecule has 20 heavy (non-hydrogen) atoms. The second kappa shape index (κ2) is 5.18. The van der Waals surface area contributed by atoms with Gasteiger partial charge in [0.05, 0.1) is 12.3 Å². The van der Waals surface area contributed by atoms with Crippen LogP contribution in [0.25, 0.3) is 0 Å². The lowest BCUT2D eigenvalue weighted by Gasteiger charge is -2.37. The fourth-order valence-corrected chi connectivity index (χ4v) is 3.82. The number of fused-ring (bicyclic) bond motifs is 1. The molecule has 2 fully saturated rings. The number of ether oxygens (including phenoxy) is 1. The summed E-state index contributed by atoms with van der Waals surface area (Å²) in [6.07, 6.45) is 2.64. The van der Waals surface area contributed by atoms with Crippen molar-refractivity contribution in [2.45, 2.75) is 45.3 Å². The molecule has 0 aromatic rings. The van der Waals surface area contributed by atoms with Crippen molar-refractivity contribution in [3.63, 3.8) is 0 Å². The number of carbonyl (C=O) groups excluding carboxylic acids is 1. The number of sulfonamides is 1. The molecule has 2 aliphatic heterocycles. The van der Waals surface area contributed by atoms with Crippen molar-refractivity contribution in [3.05, 3.63) is 0 Å². The third-order valence-electron chi connectivity index (χ3n) is 3.92. The Morgan fingerprint density at radius 1 is 1.20 bits per heavy atom. The topological polar surface area (TPSA) is 66.9 Å². The monoisotopic (exact) mass is 304 g/mol. The summed E-state index contributed by atoms with van der Waals surface area (Å²) in [7, 11) is -3.19. The van der Waals surface area contributed by atoms with Crippen molar-refractivity contribution in [2.75, 3.05) is 25.9 Å². The third-order valence-corrected chi connectivity index (χ3v) is 5.19. The van der Waals surface area contributed by atoms with E-state index in [9.17, 15) is 13.2 Å². The molecular weight excluding hydrogens is 280 g/mol. The van der Waals surface area contributed by atoms with Crippen molar-refractivity contribution in [3.8, 4) is 0 Å². The highest BCUT2D eigenvalue weighted by Gasteiger charge is 2.43. The quantitative estimate of drug-likeness (QED) is 0.732. The molecule has 116 valence electrons. The molecular formula is C13H24N2O4S. The van der Waals surface area contributed by atoms with E-state index in [4.69, 9.17) is 4.74 Å². The number of nitrogens with zero attached hydrogens (tertiary/aromatic N) is 2. The lowest BCUT2D eigenvalue weighted by molar-refractivity contribution is 0.0166. The summed E-state index contributed by atoms with van der Waals surface area (Å²) in [6.45, 7) is 7.11. The van der Waals surface area contributed by atoms with Gasteiger partial charge in [-0.1, -0.05) is 0 Å². The largest absolute Gasteiger partial charge is 0.444 e. The minimum atomic E-state index is -3.19. The Morgan fingerprint density at radius 3 is 2.35 bits per heavy atom. The van der Waals surface area contributed by atoms with Gasteiger partial charge in [0.2, 0.25) is 10.0 Å². The Balaban J connectivity index is 2.08. The lowest BCUT2D eigenvalue weighted by atomic mass is 9.93. The van der Waals surface area contributed by atoms with E-state index in [2.05, 4.69) is 0 Å². The predicted molar refractivity (Wildman–Crippen MR) is 75.9 cm³/mol. The molecule has 2 atom stereocenters. The second-order valence-corrected chi connectivity index (χ2v) is 8.68. The van der Waals surface area contributed by atoms with Gasteiger partial charge in [-0.3, -0.25) is 0 Å². The smallest absolute Gasteiger partial charge is 0.410 e. The lowest BCUT2D eigenvalue weighted by Crippen LogP contribution is -2.52. The zero-order valence-corrected chi connectivity index (χ0v) is 13.4. The summed E-state index contributed by atoms with van der Waals surface area (Å²) in [6, 6.07) is -0.0478. The van der Waals surface area contributed by atoms with E-state index in [1.54, 1.807) is 4.90 Å². The second-order valence-electron chi connectivity index (χ2n) is 6.70. The van der Waals surface area contributed by atoms with E-state index in [1.807, 2.05) is 20.8 Å². The average molecular weight is 304 g/mol. The van der Waals surface area contributed by atoms with Gasteiger partial charge < -0.3 is 9.64 Å². The normalized spacial score (nSPS) is 28.3. The molecule has 0 aliphatic carbocycles. The summed E-state index contributed by atoms with van der Waals surface area (Å²) >= 11 is 0. The maximum atomic E-state index is 12.2. The molecule has 1 amide bonds. The third kappa shape index (κ3) is 3.44. The Bertz CT molecular complexity index is 483. The zero-order chi connectivity index (χ0) is 15.1. The van der Waals surface area contributed by atoms with Crippen LogP contribution in [0.2, 0.25) is 0 Å². The van der Waals surface area contributed by atoms with Gasteiger partial charge in [-0.05, 0) is 39.5 Å². The van der Waals surface area contributed by atoms with E-state index in [1.165, 1.54) is 10.6 Å². The van der Waals surface area contributed by atoms with Crippen LogP contribution >= 0.6 is 0 Å². The Morgan fingerprint density at radius 2 is 1.80 bits per heavy atom. The van der Waals surface area contributed by atoms with E-state index in [-0.39, 0.29) is 12.1 Å². The first kappa shape index (κ1) is 15.6. The summed E-state index contributed by atoms with van der Waals surface area (Å²) in [4.78, 5) is 13.9. The molecule has 0 bridgehead atoms. The molecule has 2 rings (SSSR count). The Kier molecular flexibility index (Phi) is 4.03. The first-order valence-electron chi connectivity index (χ1n) is 7.03. The van der Waals surface area contributed by atoms with Crippen LogP contribution < -0.4 is 0 Å². The van der Waals surface area contributed by atoms with E-state index >= 15 is 0 Å². The van der Waals surface area contributed by atoms with Gasteiger partial charge in [0.15, 0.2) is 0 Å². The van der Waals surface area contributed by atoms with Crippen LogP contribution in [0.4, 0.5) is 4.79 Å². The fourth-order valence-electron chi connectivity index (χ4n) is 2.96. The van der Waals surface area contributed by atoms with Gasteiger partial charge in [0.1, 0.15) is 5.60 Å². The number of hydrogen-bond donors (Lipinski definition) is 0. The van der Waals surface area contributed by atoms with Crippen LogP contribution in [0.3, 0.4) is 0 Å². The van der Waals surface area contributed by atoms with Crippen LogP contribution in [0.15, 0.2) is 0 Å². The molecule has 2 unspecified atom stereocenters. The molecule has 0 N–H and O–H groups in total. The van der Waals surface area contributed by atoms with E-state index in [0.717, 1.165) is 12.8 Å². The highest BCUT2D eigenvalue weighted by molar-refractivity contribution is 7.88. The molecule has 0 aromatic carbocycles. The maximum absolute atomic E-state index is 12.2. The number of amides is 1. The summed E-state index contributed by atoms with van der Waals surface area (Å²) in [5, 5.41) is 0. The molecule has 0 spiro atoms. The number of carbonyl (C=O) groups is 1. The van der Waals surface area contributed by atoms with Crippen LogP contribution in [0.1, 0.15) is 33.6 Å². The van der Waals surface area contributed by atoms with Crippen molar-refractivity contribution >= 4 is 16.1 Å². The van der Waals surface area contributed by atoms with Crippen molar-refractivity contribution < 1.29 is 17.9 Å². The predicted octanol–water partition coefficient (Wildman–Crippen LogP) is 1.28. The van der Waals surface area contributed by atoms with E-state index in [0.29, 0.717) is 25.6 Å². The highest BCUT2D eigenvalue weighted by atomic mass is 32.2. The number of piperidine rings is 1. The number of hydrogen-bond acceptors (Lipinski definition) is 4. The van der Waals surface area contributed by atoms with Crippen LogP contribution in [-0.2, 0) is 14.8 Å². The van der Waals surface area contributed by atoms with Crippen molar-refractivity contribution in [1.29, 1.82) is 0 Å². The number of likely N-dealkylation sites (tertiary alicyclic amines) is 1. The van der Waals surface area contributed by atoms with Crippen LogP contribution in [0.5, 0.6) is 0 Å². The summed E-state index contributed by atoms with van der Waals surface area (Å²) in [5.41, 5.74) is -0.527. The molecule has 7 heteroatoms. The summed E-state index contributed by atoms with van der Waals surface area (Å²) in [5.74, 6) is 0.389. The summed E-state index contributed by atoms with van der Waals surface area (Å²) < 4.78 is 30.2. The molecule has 0 radical (unpaired) electrons. The first-order chi connectivity index (χ1) is 9.08. The van der Waals surface area contributed by atoms with Crippen LogP contribution in [-0.4, -0.2) is 61.2 Å². The van der Waals surface area contributed by atoms with Crippen LogP contribution in [0, 0.1) is 5.92 Å². The van der Waals surface area contributed by atoms with E-state index < -0.39 is 15.6 Å². The zero-order valence-electron chi connectivity index (χ0n) is 12.6. The molecule has 2 saturated heterocycles. The van der Waals surface area contributed by atoms with Crippen molar-refractivity contribution in [2.24, 2.45) is 5.92 Å². The minimum absolute atomic E-state index is 0.0478. The standard InChI is InChI=1S/C13H24N2O4S/c1-13(2,3)19-12(16)15-8-6-10-5-7-14(9-11(10)15)20(4,17)18/h10-11H,5-9H2,1-4H3. The number of rotatable bonds is 1. The van der Waals surface area contributed by atoms with Gasteiger partial charge in [0.25, 0.3) is 0 Å². The molecule has 0 saturated carbocycles. The van der Waals surface area contributed by atoms with Gasteiger partial charge in [-0.15, -0.1) is 0 Å². The van der Waals surface area contributed by atoms with Gasteiger partial charge in [-0.2, -0.15) is 0 Å². The maximum Gasteiger partial charge on any atom is 0.410 e. The Hall–Kier alpha value is -0.820. The fraction of sp³-hybridized carbons (Fsp3) is 0.923. The van der Waals surface area contributed by atoms with Crippen molar-refractivity contribution in [1.82, 2.24) is 9.21 Å². The van der Waals surface area contributed by atoms with Gasteiger partial charge in [-0.25, -0.2) is 17.5 Å². The molecule has 0 aromatic heterocycles. The Labute approximate surface area is 121 Å². The highest BCUT2D eigenvalue weighted by Crippen LogP contribution is 2.33.